The summed E-state index contributed by atoms with van der Waals surface area (Å²) < 4.78 is 16.6. The molecule has 8 heteroatoms. The monoisotopic (exact) mass is 652 g/mol. The molecule has 0 fully saturated rings. The van der Waals surface area contributed by atoms with Crippen molar-refractivity contribution in [2.45, 2.75) is 155 Å². The molecule has 3 N–H and O–H groups in total. The number of carbonyl (C=O) groups is 2. The largest absolute Gasteiger partial charge is 0.463 e. The van der Waals surface area contributed by atoms with E-state index in [9.17, 15) is 9.59 Å². The number of esters is 2. The molecule has 0 heterocycles. The highest BCUT2D eigenvalue weighted by atomic mass is 16.5. The van der Waals surface area contributed by atoms with Crippen LogP contribution in [0, 0.1) is 0 Å². The fourth-order valence-corrected chi connectivity index (χ4v) is 4.97. The van der Waals surface area contributed by atoms with Crippen molar-refractivity contribution < 1.29 is 23.8 Å². The summed E-state index contributed by atoms with van der Waals surface area (Å²) in [5, 5.41) is 10.2. The molecule has 0 amide bonds. The van der Waals surface area contributed by atoms with E-state index in [0.717, 1.165) is 110 Å². The molecular formula is C38H73N3O5. The minimum absolute atomic E-state index is 0.0445. The molecule has 0 aromatic rings. The second kappa shape index (κ2) is 36.1. The quantitative estimate of drug-likeness (QED) is 0.0363. The van der Waals surface area contributed by atoms with E-state index in [1.165, 1.54) is 32.1 Å². The first-order chi connectivity index (χ1) is 22.5. The van der Waals surface area contributed by atoms with Gasteiger partial charge >= 0.3 is 11.9 Å². The van der Waals surface area contributed by atoms with E-state index in [0.29, 0.717) is 25.9 Å². The number of unbranched alkanes of at least 4 members (excludes halogenated alkanes) is 7. The van der Waals surface area contributed by atoms with Crippen molar-refractivity contribution in [3.05, 3.63) is 24.3 Å². The average Bonchev–Trinajstić information content (AvgIpc) is 3.02. The van der Waals surface area contributed by atoms with Crippen LogP contribution in [0.3, 0.4) is 0 Å². The summed E-state index contributed by atoms with van der Waals surface area (Å²) in [6.45, 7) is 12.3. The zero-order valence-electron chi connectivity index (χ0n) is 30.4. The second-order valence-corrected chi connectivity index (χ2v) is 12.6. The molecule has 0 saturated carbocycles. The number of rotatable bonds is 35. The number of carbonyl (C=O) groups excluding carboxylic acids is 2. The van der Waals surface area contributed by atoms with Gasteiger partial charge in [0, 0.05) is 26.1 Å². The summed E-state index contributed by atoms with van der Waals surface area (Å²) in [6.07, 6.45) is 28.3. The van der Waals surface area contributed by atoms with Crippen molar-refractivity contribution in [1.29, 1.82) is 0 Å². The minimum Gasteiger partial charge on any atom is -0.463 e. The van der Waals surface area contributed by atoms with Crippen molar-refractivity contribution in [3.8, 4) is 0 Å². The van der Waals surface area contributed by atoms with Crippen molar-refractivity contribution in [2.24, 2.45) is 0 Å². The molecule has 0 aromatic carbocycles. The van der Waals surface area contributed by atoms with E-state index >= 15 is 0 Å². The van der Waals surface area contributed by atoms with Crippen LogP contribution in [-0.4, -0.2) is 77.1 Å². The zero-order valence-corrected chi connectivity index (χ0v) is 30.4. The van der Waals surface area contributed by atoms with Gasteiger partial charge in [-0.25, -0.2) is 0 Å². The Bertz CT molecular complexity index is 729. The van der Waals surface area contributed by atoms with Crippen molar-refractivity contribution in [1.82, 2.24) is 16.0 Å². The summed E-state index contributed by atoms with van der Waals surface area (Å²) in [6, 6.07) is 0. The molecule has 0 rings (SSSR count). The molecule has 0 aliphatic rings. The van der Waals surface area contributed by atoms with Gasteiger partial charge in [0.05, 0.1) is 6.10 Å². The highest BCUT2D eigenvalue weighted by Crippen LogP contribution is 2.15. The first kappa shape index (κ1) is 44.3. The number of hydrogen-bond acceptors (Lipinski definition) is 8. The lowest BCUT2D eigenvalue weighted by molar-refractivity contribution is -0.150. The Labute approximate surface area is 283 Å². The second-order valence-electron chi connectivity index (χ2n) is 12.6. The first-order valence-corrected chi connectivity index (χ1v) is 18.8. The minimum atomic E-state index is -0.144. The molecule has 1 unspecified atom stereocenters. The van der Waals surface area contributed by atoms with Crippen LogP contribution < -0.4 is 16.0 Å². The number of allylic oxidation sites excluding steroid dienone is 2. The van der Waals surface area contributed by atoms with Crippen LogP contribution in [0.25, 0.3) is 0 Å². The van der Waals surface area contributed by atoms with Crippen molar-refractivity contribution in [3.63, 3.8) is 0 Å². The van der Waals surface area contributed by atoms with Crippen LogP contribution in [0.2, 0.25) is 0 Å². The Kier molecular flexibility index (Phi) is 34.7. The van der Waals surface area contributed by atoms with Crippen LogP contribution in [0.1, 0.15) is 143 Å². The highest BCUT2D eigenvalue weighted by Gasteiger charge is 2.14. The summed E-state index contributed by atoms with van der Waals surface area (Å²) in [7, 11) is 1.92. The van der Waals surface area contributed by atoms with E-state index in [4.69, 9.17) is 14.2 Å². The van der Waals surface area contributed by atoms with Gasteiger partial charge in [-0.1, -0.05) is 56.9 Å². The van der Waals surface area contributed by atoms with Gasteiger partial charge in [0.1, 0.15) is 6.10 Å². The van der Waals surface area contributed by atoms with Crippen LogP contribution in [-0.2, 0) is 23.8 Å². The van der Waals surface area contributed by atoms with Crippen LogP contribution in [0.5, 0.6) is 0 Å². The van der Waals surface area contributed by atoms with Gasteiger partial charge in [0.2, 0.25) is 0 Å². The highest BCUT2D eigenvalue weighted by molar-refractivity contribution is 5.69. The van der Waals surface area contributed by atoms with Crippen molar-refractivity contribution >= 4 is 11.9 Å². The van der Waals surface area contributed by atoms with Gasteiger partial charge in [-0.3, -0.25) is 9.59 Å². The zero-order chi connectivity index (χ0) is 33.8. The third-order valence-corrected chi connectivity index (χ3v) is 7.59. The predicted octanol–water partition coefficient (Wildman–Crippen LogP) is 7.81. The smallest absolute Gasteiger partial charge is 0.306 e. The summed E-state index contributed by atoms with van der Waals surface area (Å²) in [5.41, 5.74) is 0. The number of hydrogen-bond donors (Lipinski definition) is 3. The molecule has 46 heavy (non-hydrogen) atoms. The fraction of sp³-hybridized carbons (Fsp3) is 0.842. The summed E-state index contributed by atoms with van der Waals surface area (Å²) >= 11 is 0. The lowest BCUT2D eigenvalue weighted by atomic mass is 10.0. The van der Waals surface area contributed by atoms with E-state index in [2.05, 4.69) is 47.2 Å². The van der Waals surface area contributed by atoms with Gasteiger partial charge in [0.25, 0.3) is 0 Å². The summed E-state index contributed by atoms with van der Waals surface area (Å²) in [5.74, 6) is -0.188. The van der Waals surface area contributed by atoms with Gasteiger partial charge in [0.15, 0.2) is 0 Å². The third kappa shape index (κ3) is 35.1. The van der Waals surface area contributed by atoms with E-state index in [-0.39, 0.29) is 24.1 Å². The Morgan fingerprint density at radius 2 is 1.13 bits per heavy atom. The van der Waals surface area contributed by atoms with Gasteiger partial charge in [-0.2, -0.15) is 0 Å². The van der Waals surface area contributed by atoms with E-state index < -0.39 is 0 Å². The van der Waals surface area contributed by atoms with Crippen molar-refractivity contribution in [2.75, 3.05) is 53.0 Å². The lowest BCUT2D eigenvalue weighted by Crippen LogP contribution is -2.20. The average molecular weight is 652 g/mol. The maximum atomic E-state index is 12.4. The third-order valence-electron chi connectivity index (χ3n) is 7.59. The number of ether oxygens (including phenoxy) is 3. The standard InChI is InChI=1S/C38H73N3O5/c1-5-6-7-8-10-17-29-40-31-19-13-15-24-36(46-38(43)26-22-28-39-4)25-16-14-20-32-41-30-18-11-9-12-21-33-44-34-23-27-37(42)45-35(2)3/h8-11,35-36,39-41H,5-7,12-34H2,1-4H3/b10-8-,11-9-. The van der Waals surface area contributed by atoms with E-state index in [1.807, 2.05) is 20.9 Å². The molecule has 270 valence electrons. The van der Waals surface area contributed by atoms with E-state index in [1.54, 1.807) is 0 Å². The molecule has 1 atom stereocenters. The molecule has 0 aliphatic heterocycles. The maximum absolute atomic E-state index is 12.4. The fourth-order valence-electron chi connectivity index (χ4n) is 4.97. The first-order valence-electron chi connectivity index (χ1n) is 18.8. The van der Waals surface area contributed by atoms with Crippen LogP contribution in [0.4, 0.5) is 0 Å². The lowest BCUT2D eigenvalue weighted by Gasteiger charge is -2.18. The Balaban J connectivity index is 3.86. The molecular weight excluding hydrogens is 578 g/mol. The SMILES string of the molecule is CCCC/C=C\CCNCCCCCC(CCCCCNCC/C=C\CCCOCCCC(=O)OC(C)C)OC(=O)CCCNC. The topological polar surface area (TPSA) is 97.9 Å². The van der Waals surface area contributed by atoms with Gasteiger partial charge in [-0.05, 0) is 137 Å². The molecule has 0 saturated heterocycles. The number of nitrogens with one attached hydrogen (secondary N) is 3. The Morgan fingerprint density at radius 1 is 0.587 bits per heavy atom. The molecule has 0 radical (unpaired) electrons. The van der Waals surface area contributed by atoms with Gasteiger partial charge < -0.3 is 30.2 Å². The Hall–Kier alpha value is -1.74. The molecule has 8 nitrogen and oxygen atoms in total. The van der Waals surface area contributed by atoms with Gasteiger partial charge in [-0.15, -0.1) is 0 Å². The molecule has 0 bridgehead atoms. The molecule has 0 spiro atoms. The van der Waals surface area contributed by atoms with Crippen LogP contribution in [0.15, 0.2) is 24.3 Å². The Morgan fingerprint density at radius 3 is 1.72 bits per heavy atom. The molecule has 0 aromatic heterocycles. The maximum Gasteiger partial charge on any atom is 0.306 e. The normalized spacial score (nSPS) is 12.5. The van der Waals surface area contributed by atoms with Crippen LogP contribution >= 0.6 is 0 Å². The predicted molar refractivity (Wildman–Crippen MR) is 193 cm³/mol. The summed E-state index contributed by atoms with van der Waals surface area (Å²) in [4.78, 5) is 23.8. The molecule has 0 aliphatic carbocycles.